The molecule has 0 aliphatic carbocycles. The van der Waals surface area contributed by atoms with E-state index in [9.17, 15) is 4.91 Å². The average Bonchev–Trinajstić information content (AvgIpc) is 2.68. The number of nitroso groups, excluding NO2 is 1. The van der Waals surface area contributed by atoms with Gasteiger partial charge in [-0.15, -0.1) is 4.91 Å². The van der Waals surface area contributed by atoms with E-state index in [4.69, 9.17) is 15.0 Å². The molecule has 1 aromatic carbocycles. The molecule has 0 atom stereocenters. The molecular weight excluding hydrogens is 234 g/mol. The predicted octanol–water partition coefficient (Wildman–Crippen LogP) is 2.95. The van der Waals surface area contributed by atoms with Crippen LogP contribution in [-0.2, 0) is 0 Å². The number of nitrogen functional groups attached to an aromatic ring is 1. The van der Waals surface area contributed by atoms with Crippen molar-refractivity contribution in [3.8, 4) is 16.9 Å². The van der Waals surface area contributed by atoms with Crippen LogP contribution in [0.1, 0.15) is 11.5 Å². The number of methoxy groups -OCH3 is 1. The van der Waals surface area contributed by atoms with Crippen molar-refractivity contribution in [2.24, 2.45) is 5.18 Å². The molecule has 2 rings (SSSR count). The number of aryl methyl sites for hydroxylation is 2. The summed E-state index contributed by atoms with van der Waals surface area (Å²) in [6, 6.07) is 3.14. The molecule has 2 aromatic rings. The van der Waals surface area contributed by atoms with Gasteiger partial charge in [0.2, 0.25) is 0 Å². The number of nitrogens with zero attached hydrogens (tertiary/aromatic N) is 2. The minimum absolute atomic E-state index is 0.155. The SMILES string of the molecule is COc1cc(N=O)c(N)cc1-c1c(C)noc1C. The van der Waals surface area contributed by atoms with Crippen molar-refractivity contribution in [2.45, 2.75) is 13.8 Å². The summed E-state index contributed by atoms with van der Waals surface area (Å²) in [5, 5.41) is 6.74. The largest absolute Gasteiger partial charge is 0.496 e. The molecule has 0 radical (unpaired) electrons. The van der Waals surface area contributed by atoms with Gasteiger partial charge in [-0.05, 0) is 25.1 Å². The third kappa shape index (κ3) is 1.81. The fourth-order valence-corrected chi connectivity index (χ4v) is 1.90. The van der Waals surface area contributed by atoms with Gasteiger partial charge in [-0.1, -0.05) is 5.16 Å². The molecule has 6 nitrogen and oxygen atoms in total. The molecule has 2 N–H and O–H groups in total. The van der Waals surface area contributed by atoms with Crippen molar-refractivity contribution in [2.75, 3.05) is 12.8 Å². The minimum atomic E-state index is 0.155. The smallest absolute Gasteiger partial charge is 0.141 e. The first-order valence-electron chi connectivity index (χ1n) is 5.32. The van der Waals surface area contributed by atoms with E-state index in [2.05, 4.69) is 10.3 Å². The van der Waals surface area contributed by atoms with Gasteiger partial charge in [-0.25, -0.2) is 0 Å². The Morgan fingerprint density at radius 1 is 1.39 bits per heavy atom. The van der Waals surface area contributed by atoms with Gasteiger partial charge in [0.05, 0.1) is 24.1 Å². The molecule has 0 saturated heterocycles. The number of benzene rings is 1. The van der Waals surface area contributed by atoms with Gasteiger partial charge in [0.1, 0.15) is 17.2 Å². The molecule has 0 bridgehead atoms. The Morgan fingerprint density at radius 2 is 2.11 bits per heavy atom. The van der Waals surface area contributed by atoms with E-state index in [1.807, 2.05) is 6.92 Å². The molecule has 0 unspecified atom stereocenters. The molecule has 0 spiro atoms. The Morgan fingerprint density at radius 3 is 2.61 bits per heavy atom. The van der Waals surface area contributed by atoms with Crippen LogP contribution >= 0.6 is 0 Å². The van der Waals surface area contributed by atoms with Crippen molar-refractivity contribution in [3.05, 3.63) is 28.5 Å². The zero-order valence-corrected chi connectivity index (χ0v) is 10.4. The first-order valence-corrected chi connectivity index (χ1v) is 5.32. The topological polar surface area (TPSA) is 90.7 Å². The first-order chi connectivity index (χ1) is 8.58. The monoisotopic (exact) mass is 247 g/mol. The van der Waals surface area contributed by atoms with Gasteiger partial charge in [-0.2, -0.15) is 0 Å². The molecule has 0 saturated carbocycles. The van der Waals surface area contributed by atoms with Gasteiger partial charge in [0.15, 0.2) is 0 Å². The molecule has 6 heteroatoms. The Kier molecular flexibility index (Phi) is 3.01. The molecule has 94 valence electrons. The fourth-order valence-electron chi connectivity index (χ4n) is 1.90. The van der Waals surface area contributed by atoms with Gasteiger partial charge in [-0.3, -0.25) is 0 Å². The van der Waals surface area contributed by atoms with Crippen LogP contribution in [-0.4, -0.2) is 12.3 Å². The summed E-state index contributed by atoms with van der Waals surface area (Å²) in [7, 11) is 1.52. The summed E-state index contributed by atoms with van der Waals surface area (Å²) < 4.78 is 10.4. The Balaban J connectivity index is 2.71. The average molecular weight is 247 g/mol. The number of aromatic nitrogens is 1. The first kappa shape index (κ1) is 12.1. The summed E-state index contributed by atoms with van der Waals surface area (Å²) in [6.45, 7) is 3.63. The van der Waals surface area contributed by atoms with E-state index in [-0.39, 0.29) is 5.69 Å². The lowest BCUT2D eigenvalue weighted by atomic mass is 10.0. The van der Waals surface area contributed by atoms with Gasteiger partial charge < -0.3 is 15.0 Å². The molecule has 1 heterocycles. The number of nitrogens with two attached hydrogens (primary N) is 1. The highest BCUT2D eigenvalue weighted by Crippen LogP contribution is 2.39. The van der Waals surface area contributed by atoms with Crippen molar-refractivity contribution < 1.29 is 9.26 Å². The third-order valence-corrected chi connectivity index (χ3v) is 2.75. The molecule has 0 aliphatic rings. The van der Waals surface area contributed by atoms with Crippen LogP contribution in [0.3, 0.4) is 0 Å². The Hall–Kier alpha value is -2.37. The van der Waals surface area contributed by atoms with Gasteiger partial charge >= 0.3 is 0 Å². The zero-order chi connectivity index (χ0) is 13.3. The van der Waals surface area contributed by atoms with E-state index in [1.54, 1.807) is 13.0 Å². The summed E-state index contributed by atoms with van der Waals surface area (Å²) in [6.07, 6.45) is 0. The van der Waals surface area contributed by atoms with E-state index >= 15 is 0 Å². The van der Waals surface area contributed by atoms with Crippen LogP contribution in [0, 0.1) is 18.8 Å². The fraction of sp³-hybridized carbons (Fsp3) is 0.250. The standard InChI is InChI=1S/C12H13N3O3/c1-6-12(7(2)18-15-6)8-4-9(13)10(14-16)5-11(8)17-3/h4-5H,13H2,1-3H3. The van der Waals surface area contributed by atoms with E-state index in [0.717, 1.165) is 16.8 Å². The molecule has 0 amide bonds. The van der Waals surface area contributed by atoms with E-state index in [1.165, 1.54) is 13.2 Å². The van der Waals surface area contributed by atoms with Crippen molar-refractivity contribution >= 4 is 11.4 Å². The van der Waals surface area contributed by atoms with Crippen LogP contribution in [0.15, 0.2) is 21.8 Å². The second-order valence-corrected chi connectivity index (χ2v) is 3.90. The van der Waals surface area contributed by atoms with Crippen LogP contribution in [0.2, 0.25) is 0 Å². The maximum Gasteiger partial charge on any atom is 0.141 e. The number of hydrogen-bond donors (Lipinski definition) is 1. The molecule has 1 aromatic heterocycles. The summed E-state index contributed by atoms with van der Waals surface area (Å²) in [5.41, 5.74) is 8.49. The number of ether oxygens (including phenoxy) is 1. The normalized spacial score (nSPS) is 10.4. The van der Waals surface area contributed by atoms with Crippen molar-refractivity contribution in [3.63, 3.8) is 0 Å². The van der Waals surface area contributed by atoms with Gasteiger partial charge in [0, 0.05) is 11.6 Å². The molecule has 18 heavy (non-hydrogen) atoms. The Labute approximate surface area is 104 Å². The predicted molar refractivity (Wildman–Crippen MR) is 67.8 cm³/mol. The number of hydrogen-bond acceptors (Lipinski definition) is 6. The second kappa shape index (κ2) is 4.48. The van der Waals surface area contributed by atoms with E-state index in [0.29, 0.717) is 17.2 Å². The lowest BCUT2D eigenvalue weighted by molar-refractivity contribution is 0.393. The Bertz CT molecular complexity index is 585. The van der Waals surface area contributed by atoms with Crippen molar-refractivity contribution in [1.29, 1.82) is 0 Å². The zero-order valence-electron chi connectivity index (χ0n) is 10.4. The number of anilines is 1. The maximum atomic E-state index is 10.6. The highest BCUT2D eigenvalue weighted by Gasteiger charge is 2.18. The van der Waals surface area contributed by atoms with E-state index < -0.39 is 0 Å². The molecule has 0 aliphatic heterocycles. The lowest BCUT2D eigenvalue weighted by Crippen LogP contribution is -1.93. The van der Waals surface area contributed by atoms with Crippen LogP contribution < -0.4 is 10.5 Å². The molecular formula is C12H13N3O3. The maximum absolute atomic E-state index is 10.6. The molecule has 0 fully saturated rings. The van der Waals surface area contributed by atoms with Crippen LogP contribution in [0.25, 0.3) is 11.1 Å². The highest BCUT2D eigenvalue weighted by molar-refractivity contribution is 5.81. The minimum Gasteiger partial charge on any atom is -0.496 e. The van der Waals surface area contributed by atoms with Crippen LogP contribution in [0.4, 0.5) is 11.4 Å². The quantitative estimate of drug-likeness (QED) is 0.665. The number of rotatable bonds is 3. The highest BCUT2D eigenvalue weighted by atomic mass is 16.5. The second-order valence-electron chi connectivity index (χ2n) is 3.90. The van der Waals surface area contributed by atoms with Crippen LogP contribution in [0.5, 0.6) is 5.75 Å². The summed E-state index contributed by atoms with van der Waals surface area (Å²) in [4.78, 5) is 10.6. The third-order valence-electron chi connectivity index (χ3n) is 2.75. The van der Waals surface area contributed by atoms with Crippen molar-refractivity contribution in [1.82, 2.24) is 5.16 Å². The summed E-state index contributed by atoms with van der Waals surface area (Å²) in [5.74, 6) is 1.17. The summed E-state index contributed by atoms with van der Waals surface area (Å²) >= 11 is 0. The lowest BCUT2D eigenvalue weighted by Gasteiger charge is -2.10. The van der Waals surface area contributed by atoms with Gasteiger partial charge in [0.25, 0.3) is 0 Å².